The Hall–Kier alpha value is -4.41. The molecule has 1 amide bonds. The van der Waals surface area contributed by atoms with Crippen LogP contribution in [-0.4, -0.2) is 52.2 Å². The highest BCUT2D eigenvalue weighted by atomic mass is 31.2. The molecular weight excluding hydrogens is 615 g/mol. The first-order valence-corrected chi connectivity index (χ1v) is 13.5. The number of hydrogen-bond acceptors (Lipinski definition) is 10. The topological polar surface area (TPSA) is 152 Å². The van der Waals surface area contributed by atoms with Crippen molar-refractivity contribution in [1.29, 1.82) is 0 Å². The van der Waals surface area contributed by atoms with Crippen molar-refractivity contribution < 1.29 is 59.5 Å². The smallest absolute Gasteiger partial charge is 0.491 e. The molecule has 0 spiro atoms. The van der Waals surface area contributed by atoms with Gasteiger partial charge in [0.05, 0.1) is 43.9 Å². The van der Waals surface area contributed by atoms with E-state index in [-0.39, 0.29) is 40.7 Å². The van der Waals surface area contributed by atoms with Crippen molar-refractivity contribution in [3.8, 4) is 5.75 Å². The van der Waals surface area contributed by atoms with Gasteiger partial charge in [0.2, 0.25) is 5.95 Å². The molecule has 1 aliphatic heterocycles. The number of rotatable bonds is 9. The Morgan fingerprint density at radius 3 is 2.44 bits per heavy atom. The molecule has 3 N–H and O–H groups in total. The number of aromatic nitrogens is 2. The Labute approximate surface area is 238 Å². The molecule has 0 fully saturated rings. The zero-order chi connectivity index (χ0) is 31.7. The quantitative estimate of drug-likeness (QED) is 0.208. The summed E-state index contributed by atoms with van der Waals surface area (Å²) in [6.45, 7) is 0.0786. The number of carbonyl (C=O) groups excluding carboxylic acids is 2. The van der Waals surface area contributed by atoms with Crippen LogP contribution in [0.15, 0.2) is 42.6 Å². The molecule has 1 aromatic heterocycles. The number of benzene rings is 2. The maximum atomic E-state index is 13.8. The highest BCUT2D eigenvalue weighted by Gasteiger charge is 2.45. The lowest BCUT2D eigenvalue weighted by molar-refractivity contribution is -0.190. The minimum absolute atomic E-state index is 0.0267. The SMILES string of the molecule is COc1cc(CP(=O)(O)OC(=O)C(F)(F)F)ccc1Nc1ncc(C(F)(F)F)c(Nc2cccc3c2C(=O)N(OC)C3)n1. The van der Waals surface area contributed by atoms with Crippen molar-refractivity contribution in [2.45, 2.75) is 25.1 Å². The summed E-state index contributed by atoms with van der Waals surface area (Å²) in [7, 11) is -2.64. The Balaban J connectivity index is 1.62. The molecule has 4 rings (SSSR count). The third kappa shape index (κ3) is 7.15. The molecule has 0 radical (unpaired) electrons. The van der Waals surface area contributed by atoms with E-state index in [0.29, 0.717) is 11.8 Å². The normalized spacial score (nSPS) is 14.6. The monoisotopic (exact) mass is 635 g/mol. The van der Waals surface area contributed by atoms with Gasteiger partial charge in [0.1, 0.15) is 17.1 Å². The lowest BCUT2D eigenvalue weighted by Gasteiger charge is -2.17. The third-order valence-corrected chi connectivity index (χ3v) is 7.04. The molecule has 19 heteroatoms. The van der Waals surface area contributed by atoms with Gasteiger partial charge in [0, 0.05) is 6.20 Å². The first-order valence-electron chi connectivity index (χ1n) is 11.8. The first-order chi connectivity index (χ1) is 20.0. The molecule has 1 unspecified atom stereocenters. The van der Waals surface area contributed by atoms with E-state index in [1.807, 2.05) is 0 Å². The fraction of sp³-hybridized carbons (Fsp3) is 0.250. The van der Waals surface area contributed by atoms with Crippen molar-refractivity contribution in [2.24, 2.45) is 0 Å². The van der Waals surface area contributed by atoms with Crippen LogP contribution in [0, 0.1) is 0 Å². The summed E-state index contributed by atoms with van der Waals surface area (Å²) in [5.74, 6) is -4.57. The number of halogens is 6. The van der Waals surface area contributed by atoms with Crippen LogP contribution < -0.4 is 15.4 Å². The van der Waals surface area contributed by atoms with Gasteiger partial charge in [-0.15, -0.1) is 0 Å². The molecule has 0 saturated heterocycles. The van der Waals surface area contributed by atoms with Crippen LogP contribution in [0.3, 0.4) is 0 Å². The Bertz CT molecular complexity index is 1620. The fourth-order valence-electron chi connectivity index (χ4n) is 3.96. The highest BCUT2D eigenvalue weighted by Crippen LogP contribution is 2.48. The minimum Gasteiger partial charge on any atom is -0.495 e. The molecule has 0 bridgehead atoms. The highest BCUT2D eigenvalue weighted by molar-refractivity contribution is 7.52. The fourth-order valence-corrected chi connectivity index (χ4v) is 5.05. The van der Waals surface area contributed by atoms with Crippen molar-refractivity contribution in [2.75, 3.05) is 24.9 Å². The zero-order valence-corrected chi connectivity index (χ0v) is 22.8. The number of fused-ring (bicyclic) bond motifs is 1. The lowest BCUT2D eigenvalue weighted by atomic mass is 10.1. The van der Waals surface area contributed by atoms with E-state index in [2.05, 4.69) is 25.1 Å². The molecule has 2 aromatic carbocycles. The van der Waals surface area contributed by atoms with E-state index in [4.69, 9.17) is 9.57 Å². The van der Waals surface area contributed by atoms with Crippen molar-refractivity contribution in [3.05, 3.63) is 64.8 Å². The van der Waals surface area contributed by atoms with E-state index in [9.17, 15) is 45.4 Å². The van der Waals surface area contributed by atoms with Gasteiger partial charge >= 0.3 is 25.9 Å². The van der Waals surface area contributed by atoms with Gasteiger partial charge in [-0.25, -0.2) is 19.4 Å². The van der Waals surface area contributed by atoms with Gasteiger partial charge < -0.3 is 24.8 Å². The molecule has 0 saturated carbocycles. The van der Waals surface area contributed by atoms with Gasteiger partial charge in [-0.2, -0.15) is 31.3 Å². The van der Waals surface area contributed by atoms with Crippen LogP contribution in [0.2, 0.25) is 0 Å². The van der Waals surface area contributed by atoms with Gasteiger partial charge in [0.25, 0.3) is 5.91 Å². The number of anilines is 4. The number of alkyl halides is 6. The summed E-state index contributed by atoms with van der Waals surface area (Å²) in [5.41, 5.74) is -0.666. The second kappa shape index (κ2) is 11.7. The van der Waals surface area contributed by atoms with Crippen LogP contribution in [0.5, 0.6) is 5.75 Å². The molecule has 2 heterocycles. The maximum Gasteiger partial charge on any atom is 0.491 e. The first kappa shape index (κ1) is 31.5. The van der Waals surface area contributed by atoms with Crippen LogP contribution in [0.1, 0.15) is 27.0 Å². The number of ether oxygens (including phenoxy) is 1. The summed E-state index contributed by atoms with van der Waals surface area (Å²) < 4.78 is 99.6. The van der Waals surface area contributed by atoms with Gasteiger partial charge in [-0.05, 0) is 29.3 Å². The van der Waals surface area contributed by atoms with Crippen molar-refractivity contribution >= 4 is 42.6 Å². The van der Waals surface area contributed by atoms with Crippen LogP contribution in [-0.2, 0) is 37.6 Å². The van der Waals surface area contributed by atoms with Gasteiger partial charge in [0.15, 0.2) is 0 Å². The predicted molar refractivity (Wildman–Crippen MR) is 136 cm³/mol. The predicted octanol–water partition coefficient (Wildman–Crippen LogP) is 5.30. The second-order valence-corrected chi connectivity index (χ2v) is 10.5. The number of hydroxylamine groups is 2. The average Bonchev–Trinajstić information content (AvgIpc) is 3.24. The zero-order valence-electron chi connectivity index (χ0n) is 21.9. The molecule has 230 valence electrons. The number of carbonyl (C=O) groups is 2. The van der Waals surface area contributed by atoms with E-state index in [0.717, 1.165) is 11.1 Å². The molecule has 0 aliphatic carbocycles. The number of nitrogens with zero attached hydrogens (tertiary/aromatic N) is 3. The summed E-state index contributed by atoms with van der Waals surface area (Å²) in [6, 6.07) is 8.04. The van der Waals surface area contributed by atoms with E-state index >= 15 is 0 Å². The molecule has 1 atom stereocenters. The molecule has 3 aromatic rings. The standard InChI is InChI=1S/C24H20F6N5O7P/c1-40-17-8-12(11-43(38,39)42-21(37)24(28,29)30)6-7-15(17)33-22-31-9-14(23(25,26)27)19(34-22)32-16-5-3-4-13-10-35(41-2)20(36)18(13)16/h3-9H,10-11H2,1-2H3,(H,38,39)(H2,31,32,33,34). The van der Waals surface area contributed by atoms with Crippen molar-refractivity contribution in [3.63, 3.8) is 0 Å². The molecule has 12 nitrogen and oxygen atoms in total. The van der Waals surface area contributed by atoms with Crippen LogP contribution in [0.4, 0.5) is 49.5 Å². The maximum absolute atomic E-state index is 13.8. The lowest BCUT2D eigenvalue weighted by Crippen LogP contribution is -2.24. The van der Waals surface area contributed by atoms with Gasteiger partial charge in [-0.1, -0.05) is 18.2 Å². The van der Waals surface area contributed by atoms with Crippen molar-refractivity contribution in [1.82, 2.24) is 15.0 Å². The number of nitrogens with one attached hydrogen (secondary N) is 2. The van der Waals surface area contributed by atoms with Crippen LogP contribution in [0.25, 0.3) is 0 Å². The largest absolute Gasteiger partial charge is 0.495 e. The summed E-state index contributed by atoms with van der Waals surface area (Å²) in [4.78, 5) is 46.0. The molecule has 1 aliphatic rings. The Morgan fingerprint density at radius 1 is 1.09 bits per heavy atom. The van der Waals surface area contributed by atoms with E-state index in [1.165, 1.54) is 38.5 Å². The minimum atomic E-state index is -5.49. The Kier molecular flexibility index (Phi) is 8.58. The van der Waals surface area contributed by atoms with Crippen LogP contribution >= 0.6 is 7.60 Å². The summed E-state index contributed by atoms with van der Waals surface area (Å²) in [6.07, 6.45) is -10.9. The second-order valence-electron chi connectivity index (χ2n) is 8.77. The molecular formula is C24H20F6N5O7P. The number of methoxy groups -OCH3 is 1. The number of amides is 1. The summed E-state index contributed by atoms with van der Waals surface area (Å²) in [5, 5.41) is 6.20. The van der Waals surface area contributed by atoms with E-state index in [1.54, 1.807) is 6.07 Å². The Morgan fingerprint density at radius 2 is 1.81 bits per heavy atom. The summed E-state index contributed by atoms with van der Waals surface area (Å²) >= 11 is 0. The average molecular weight is 635 g/mol. The van der Waals surface area contributed by atoms with Gasteiger partial charge in [-0.3, -0.25) is 9.63 Å². The molecule has 43 heavy (non-hydrogen) atoms. The third-order valence-electron chi connectivity index (χ3n) is 5.82. The van der Waals surface area contributed by atoms with E-state index < -0.39 is 49.4 Å². The number of hydrogen-bond donors (Lipinski definition) is 3.